The average molecular weight is 456 g/mol. The van der Waals surface area contributed by atoms with Crippen LogP contribution in [0.1, 0.15) is 45.0 Å². The second-order valence-corrected chi connectivity index (χ2v) is 9.51. The fourth-order valence-corrected chi connectivity index (χ4v) is 5.99. The molecule has 30 heavy (non-hydrogen) atoms. The number of carbonyl (C=O) groups is 1. The van der Waals surface area contributed by atoms with Gasteiger partial charge in [0.25, 0.3) is 5.56 Å². The predicted molar refractivity (Wildman–Crippen MR) is 112 cm³/mol. The first-order valence-electron chi connectivity index (χ1n) is 9.58. The topological polar surface area (TPSA) is 67.8 Å². The summed E-state index contributed by atoms with van der Waals surface area (Å²) in [5.41, 5.74) is 1.84. The molecule has 0 spiro atoms. The van der Waals surface area contributed by atoms with Crippen LogP contribution in [0.25, 0.3) is 10.2 Å². The number of thiophene rings is 1. The van der Waals surface area contributed by atoms with Gasteiger partial charge in [-0.15, -0.1) is 11.3 Å². The van der Waals surface area contributed by atoms with Crippen molar-refractivity contribution >= 4 is 39.1 Å². The Labute approximate surface area is 178 Å². The average Bonchev–Trinajstić information content (AvgIpc) is 3.17. The Bertz CT molecular complexity index is 1190. The lowest BCUT2D eigenvalue weighted by Crippen LogP contribution is -2.19. The number of nitrogens with zero attached hydrogens (tertiary/aromatic N) is 2. The Morgan fingerprint density at radius 2 is 2.03 bits per heavy atom. The molecule has 0 unspecified atom stereocenters. The number of carbonyl (C=O) groups excluding carboxylic acids is 1. The molecule has 1 aliphatic carbocycles. The highest BCUT2D eigenvalue weighted by atomic mass is 32.2. The molecule has 3 aromatic rings. The summed E-state index contributed by atoms with van der Waals surface area (Å²) < 4.78 is 39.4. The van der Waals surface area contributed by atoms with Gasteiger partial charge in [0.15, 0.2) is 10.9 Å². The first-order valence-corrected chi connectivity index (χ1v) is 11.4. The largest absolute Gasteiger partial charge is 0.406 e. The quantitative estimate of drug-likeness (QED) is 0.340. The van der Waals surface area contributed by atoms with E-state index in [1.807, 2.05) is 0 Å². The molecule has 0 saturated heterocycles. The van der Waals surface area contributed by atoms with Crippen LogP contribution in [-0.4, -0.2) is 32.2 Å². The molecule has 4 rings (SSSR count). The molecule has 3 aromatic heterocycles. The maximum Gasteiger partial charge on any atom is 0.406 e. The van der Waals surface area contributed by atoms with Crippen molar-refractivity contribution in [1.82, 2.24) is 14.5 Å². The molecule has 160 valence electrons. The third-order valence-electron chi connectivity index (χ3n) is 5.35. The number of aromatic nitrogens is 3. The van der Waals surface area contributed by atoms with Gasteiger partial charge in [-0.05, 0) is 51.2 Å². The number of alkyl halides is 3. The standard InChI is InChI=1S/C20H20F3N3O2S2/c1-10-7-13(11(2)26(10)9-20(21,22)23)14(27)8-29-19-24-17(28)16-12-5-3-4-6-15(12)30-18(16)25-19/h7H,3-6,8-9H2,1-2H3,(H,24,25,28). The van der Waals surface area contributed by atoms with Crippen molar-refractivity contribution < 1.29 is 18.0 Å². The van der Waals surface area contributed by atoms with Crippen LogP contribution in [0, 0.1) is 13.8 Å². The molecule has 0 saturated carbocycles. The predicted octanol–water partition coefficient (Wildman–Crippen LogP) is 4.82. The minimum atomic E-state index is -4.36. The number of halogens is 3. The van der Waals surface area contributed by atoms with Gasteiger partial charge in [0, 0.05) is 21.8 Å². The molecule has 1 aliphatic rings. The fourth-order valence-electron chi connectivity index (χ4n) is 3.93. The second-order valence-electron chi connectivity index (χ2n) is 7.46. The van der Waals surface area contributed by atoms with Crippen molar-refractivity contribution in [2.24, 2.45) is 0 Å². The number of thioether (sulfide) groups is 1. The zero-order valence-corrected chi connectivity index (χ0v) is 18.1. The number of hydrogen-bond donors (Lipinski definition) is 1. The van der Waals surface area contributed by atoms with Gasteiger partial charge in [-0.1, -0.05) is 11.8 Å². The van der Waals surface area contributed by atoms with Crippen LogP contribution in [0.3, 0.4) is 0 Å². The van der Waals surface area contributed by atoms with Crippen LogP contribution in [0.15, 0.2) is 16.0 Å². The van der Waals surface area contributed by atoms with Gasteiger partial charge in [0.05, 0.1) is 11.1 Å². The van der Waals surface area contributed by atoms with E-state index in [0.29, 0.717) is 26.8 Å². The minimum absolute atomic E-state index is 0.0180. The monoisotopic (exact) mass is 455 g/mol. The molecule has 1 N–H and O–H groups in total. The van der Waals surface area contributed by atoms with Crippen molar-refractivity contribution in [1.29, 1.82) is 0 Å². The van der Waals surface area contributed by atoms with Crippen LogP contribution in [-0.2, 0) is 19.4 Å². The highest BCUT2D eigenvalue weighted by Crippen LogP contribution is 2.34. The number of Topliss-reactive ketones (excluding diaryl/α,β-unsaturated/α-hetero) is 1. The Balaban J connectivity index is 1.54. The van der Waals surface area contributed by atoms with Crippen molar-refractivity contribution in [3.63, 3.8) is 0 Å². The van der Waals surface area contributed by atoms with E-state index in [2.05, 4.69) is 9.97 Å². The number of ketones is 1. The van der Waals surface area contributed by atoms with Gasteiger partial charge in [-0.3, -0.25) is 9.59 Å². The summed E-state index contributed by atoms with van der Waals surface area (Å²) in [6, 6.07) is 1.48. The van der Waals surface area contributed by atoms with E-state index in [1.165, 1.54) is 29.2 Å². The molecular formula is C20H20F3N3O2S2. The smallest absolute Gasteiger partial charge is 0.339 e. The molecule has 0 amide bonds. The maximum atomic E-state index is 12.8. The number of nitrogens with one attached hydrogen (secondary N) is 1. The summed E-state index contributed by atoms with van der Waals surface area (Å²) in [5, 5.41) is 1.00. The Hall–Kier alpha value is -2.07. The number of fused-ring (bicyclic) bond motifs is 3. The minimum Gasteiger partial charge on any atom is -0.339 e. The van der Waals surface area contributed by atoms with E-state index in [4.69, 9.17) is 0 Å². The molecule has 0 aliphatic heterocycles. The van der Waals surface area contributed by atoms with Gasteiger partial charge in [-0.2, -0.15) is 13.2 Å². The van der Waals surface area contributed by atoms with Gasteiger partial charge in [0.2, 0.25) is 0 Å². The molecule has 0 fully saturated rings. The third-order valence-corrected chi connectivity index (χ3v) is 7.41. The lowest BCUT2D eigenvalue weighted by molar-refractivity contribution is -0.141. The van der Waals surface area contributed by atoms with E-state index in [9.17, 15) is 22.8 Å². The third kappa shape index (κ3) is 4.07. The van der Waals surface area contributed by atoms with E-state index in [0.717, 1.165) is 47.6 Å². The van der Waals surface area contributed by atoms with Crippen LogP contribution in [0.5, 0.6) is 0 Å². The normalized spacial score (nSPS) is 14.3. The SMILES string of the molecule is Cc1cc(C(=O)CSc2nc3sc4c(c3c(=O)[nH]2)CCCC4)c(C)n1CC(F)(F)F. The highest BCUT2D eigenvalue weighted by molar-refractivity contribution is 7.99. The van der Waals surface area contributed by atoms with Crippen LogP contribution in [0.4, 0.5) is 13.2 Å². The molecule has 0 radical (unpaired) electrons. The Kier molecular flexibility index (Phi) is 5.56. The van der Waals surface area contributed by atoms with E-state index in [-0.39, 0.29) is 22.7 Å². The maximum absolute atomic E-state index is 12.8. The highest BCUT2D eigenvalue weighted by Gasteiger charge is 2.30. The Morgan fingerprint density at radius 1 is 1.30 bits per heavy atom. The molecule has 5 nitrogen and oxygen atoms in total. The molecule has 0 atom stereocenters. The zero-order chi connectivity index (χ0) is 21.6. The summed E-state index contributed by atoms with van der Waals surface area (Å²) in [4.78, 5) is 34.4. The van der Waals surface area contributed by atoms with Crippen molar-refractivity contribution in [3.05, 3.63) is 43.8 Å². The van der Waals surface area contributed by atoms with E-state index in [1.54, 1.807) is 6.92 Å². The summed E-state index contributed by atoms with van der Waals surface area (Å²) in [6.07, 6.45) is -0.332. The summed E-state index contributed by atoms with van der Waals surface area (Å²) in [6.45, 7) is 1.94. The molecule has 3 heterocycles. The van der Waals surface area contributed by atoms with Gasteiger partial charge >= 0.3 is 6.18 Å². The summed E-state index contributed by atoms with van der Waals surface area (Å²) in [5.74, 6) is -0.315. The number of hydrogen-bond acceptors (Lipinski definition) is 5. The fraction of sp³-hybridized carbons (Fsp3) is 0.450. The van der Waals surface area contributed by atoms with Crippen LogP contribution >= 0.6 is 23.1 Å². The summed E-state index contributed by atoms with van der Waals surface area (Å²) >= 11 is 2.63. The number of aromatic amines is 1. The van der Waals surface area contributed by atoms with Crippen molar-refractivity contribution in [2.75, 3.05) is 5.75 Å². The van der Waals surface area contributed by atoms with E-state index >= 15 is 0 Å². The van der Waals surface area contributed by atoms with Crippen LogP contribution < -0.4 is 5.56 Å². The summed E-state index contributed by atoms with van der Waals surface area (Å²) in [7, 11) is 0. The lowest BCUT2D eigenvalue weighted by Gasteiger charge is -2.12. The molecule has 0 bridgehead atoms. The molecular weight excluding hydrogens is 435 g/mol. The van der Waals surface area contributed by atoms with E-state index < -0.39 is 12.7 Å². The number of rotatable bonds is 5. The van der Waals surface area contributed by atoms with Gasteiger partial charge < -0.3 is 9.55 Å². The molecule has 10 heteroatoms. The first kappa shape index (κ1) is 21.2. The van der Waals surface area contributed by atoms with Gasteiger partial charge in [0.1, 0.15) is 11.4 Å². The number of aryl methyl sites for hydroxylation is 3. The first-order chi connectivity index (χ1) is 14.1. The van der Waals surface area contributed by atoms with Crippen molar-refractivity contribution in [2.45, 2.75) is 57.4 Å². The second kappa shape index (κ2) is 7.88. The molecule has 0 aromatic carbocycles. The van der Waals surface area contributed by atoms with Gasteiger partial charge in [-0.25, -0.2) is 4.98 Å². The van der Waals surface area contributed by atoms with Crippen molar-refractivity contribution in [3.8, 4) is 0 Å². The Morgan fingerprint density at radius 3 is 2.77 bits per heavy atom. The zero-order valence-electron chi connectivity index (χ0n) is 16.5. The number of H-pyrrole nitrogens is 1. The van der Waals surface area contributed by atoms with Crippen LogP contribution in [0.2, 0.25) is 0 Å². The lowest BCUT2D eigenvalue weighted by atomic mass is 9.97.